The monoisotopic (exact) mass is 234 g/mol. The fourth-order valence-electron chi connectivity index (χ4n) is 1.71. The molecule has 0 saturated heterocycles. The summed E-state index contributed by atoms with van der Waals surface area (Å²) in [6, 6.07) is 2.61. The van der Waals surface area contributed by atoms with Crippen molar-refractivity contribution in [2.45, 2.75) is 6.92 Å². The summed E-state index contributed by atoms with van der Waals surface area (Å²) >= 11 is 0. The number of anilines is 1. The van der Waals surface area contributed by atoms with Crippen molar-refractivity contribution in [2.24, 2.45) is 5.84 Å². The van der Waals surface area contributed by atoms with Crippen molar-refractivity contribution in [3.8, 4) is 0 Å². The molecule has 0 aliphatic heterocycles. The molecule has 1 amide bonds. The standard InChI is InChI=1S/C11H11FN4O/c1-5-2-6(12)3-7-9(13)8(11(17)16-14)4-15-10(5)7/h2-4H,14H2,1H3,(H2,13,15)(H,16,17). The van der Waals surface area contributed by atoms with E-state index in [9.17, 15) is 9.18 Å². The van der Waals surface area contributed by atoms with Crippen LogP contribution in [0.15, 0.2) is 18.3 Å². The van der Waals surface area contributed by atoms with Crippen LogP contribution in [0.5, 0.6) is 0 Å². The van der Waals surface area contributed by atoms with Gasteiger partial charge in [0.15, 0.2) is 0 Å². The molecule has 0 unspecified atom stereocenters. The van der Waals surface area contributed by atoms with Crippen LogP contribution in [0.1, 0.15) is 15.9 Å². The van der Waals surface area contributed by atoms with Crippen LogP contribution < -0.4 is 17.0 Å². The van der Waals surface area contributed by atoms with Crippen LogP contribution >= 0.6 is 0 Å². The number of nitrogens with two attached hydrogens (primary N) is 2. The lowest BCUT2D eigenvalue weighted by molar-refractivity contribution is 0.0954. The van der Waals surface area contributed by atoms with Crippen LogP contribution in [0.2, 0.25) is 0 Å². The van der Waals surface area contributed by atoms with E-state index in [-0.39, 0.29) is 11.3 Å². The van der Waals surface area contributed by atoms with Crippen molar-refractivity contribution >= 4 is 22.5 Å². The van der Waals surface area contributed by atoms with Gasteiger partial charge < -0.3 is 5.73 Å². The molecule has 0 radical (unpaired) electrons. The molecule has 0 atom stereocenters. The minimum atomic E-state index is -0.557. The van der Waals surface area contributed by atoms with Crippen molar-refractivity contribution in [2.75, 3.05) is 5.73 Å². The van der Waals surface area contributed by atoms with E-state index >= 15 is 0 Å². The maximum atomic E-state index is 13.3. The van der Waals surface area contributed by atoms with Crippen molar-refractivity contribution in [1.82, 2.24) is 10.4 Å². The Morgan fingerprint density at radius 3 is 2.82 bits per heavy atom. The average molecular weight is 234 g/mol. The third-order valence-corrected chi connectivity index (χ3v) is 2.54. The van der Waals surface area contributed by atoms with Gasteiger partial charge in [-0.2, -0.15) is 0 Å². The lowest BCUT2D eigenvalue weighted by atomic mass is 10.1. The highest BCUT2D eigenvalue weighted by atomic mass is 19.1. The number of benzene rings is 1. The minimum Gasteiger partial charge on any atom is -0.397 e. The number of hydrogen-bond donors (Lipinski definition) is 3. The lowest BCUT2D eigenvalue weighted by Crippen LogP contribution is -2.30. The molecule has 1 heterocycles. The predicted octanol–water partition coefficient (Wildman–Crippen LogP) is 0.868. The molecule has 6 heteroatoms. The van der Waals surface area contributed by atoms with Gasteiger partial charge in [-0.25, -0.2) is 10.2 Å². The highest BCUT2D eigenvalue weighted by Crippen LogP contribution is 2.26. The molecular formula is C11H11FN4O. The number of fused-ring (bicyclic) bond motifs is 1. The summed E-state index contributed by atoms with van der Waals surface area (Å²) in [4.78, 5) is 15.5. The molecule has 5 nitrogen and oxygen atoms in total. The van der Waals surface area contributed by atoms with E-state index in [4.69, 9.17) is 11.6 Å². The summed E-state index contributed by atoms with van der Waals surface area (Å²) in [6.45, 7) is 1.72. The number of aromatic nitrogens is 1. The van der Waals surface area contributed by atoms with Crippen LogP contribution in [-0.4, -0.2) is 10.9 Å². The number of nitrogen functional groups attached to an aromatic ring is 2. The Hall–Kier alpha value is -2.21. The van der Waals surface area contributed by atoms with Crippen LogP contribution in [-0.2, 0) is 0 Å². The number of carbonyl (C=O) groups excluding carboxylic acids is 1. The summed E-state index contributed by atoms with van der Waals surface area (Å²) in [5, 5.41) is 0.406. The molecule has 0 spiro atoms. The minimum absolute atomic E-state index is 0.130. The first-order valence-electron chi connectivity index (χ1n) is 4.90. The highest BCUT2D eigenvalue weighted by Gasteiger charge is 2.13. The number of rotatable bonds is 1. The quantitative estimate of drug-likeness (QED) is 0.387. The smallest absolute Gasteiger partial charge is 0.268 e. The second-order valence-corrected chi connectivity index (χ2v) is 3.68. The summed E-state index contributed by atoms with van der Waals surface area (Å²) in [6.07, 6.45) is 1.32. The number of nitrogens with zero attached hydrogens (tertiary/aromatic N) is 1. The van der Waals surface area contributed by atoms with Gasteiger partial charge in [-0.1, -0.05) is 0 Å². The average Bonchev–Trinajstić information content (AvgIpc) is 2.29. The second kappa shape index (κ2) is 3.99. The second-order valence-electron chi connectivity index (χ2n) is 3.68. The van der Waals surface area contributed by atoms with Crippen LogP contribution in [0, 0.1) is 12.7 Å². The summed E-state index contributed by atoms with van der Waals surface area (Å²) in [5.74, 6) is 4.04. The third kappa shape index (κ3) is 1.78. The SMILES string of the molecule is Cc1cc(F)cc2c(N)c(C(=O)NN)cnc12. The van der Waals surface area contributed by atoms with Crippen molar-refractivity contribution in [3.63, 3.8) is 0 Å². The summed E-state index contributed by atoms with van der Waals surface area (Å²) < 4.78 is 13.3. The van der Waals surface area contributed by atoms with Crippen LogP contribution in [0.4, 0.5) is 10.1 Å². The molecule has 5 N–H and O–H groups in total. The summed E-state index contributed by atoms with van der Waals surface area (Å²) in [7, 11) is 0. The van der Waals surface area contributed by atoms with Gasteiger partial charge in [0.1, 0.15) is 5.82 Å². The highest BCUT2D eigenvalue weighted by molar-refractivity contribution is 6.06. The number of aryl methyl sites for hydroxylation is 1. The largest absolute Gasteiger partial charge is 0.397 e. The van der Waals surface area contributed by atoms with E-state index in [1.54, 1.807) is 6.92 Å². The molecule has 2 rings (SSSR count). The number of pyridine rings is 1. The number of hydrazine groups is 1. The zero-order chi connectivity index (χ0) is 12.6. The molecule has 1 aromatic heterocycles. The Labute approximate surface area is 96.6 Å². The van der Waals surface area contributed by atoms with Gasteiger partial charge in [-0.3, -0.25) is 15.2 Å². The Morgan fingerprint density at radius 1 is 1.47 bits per heavy atom. The van der Waals surface area contributed by atoms with E-state index < -0.39 is 11.7 Å². The molecule has 0 bridgehead atoms. The maximum absolute atomic E-state index is 13.3. The molecule has 88 valence electrons. The van der Waals surface area contributed by atoms with E-state index in [0.717, 1.165) is 0 Å². The van der Waals surface area contributed by atoms with Crippen LogP contribution in [0.25, 0.3) is 10.9 Å². The fourth-order valence-corrected chi connectivity index (χ4v) is 1.71. The number of amides is 1. The Morgan fingerprint density at radius 2 is 2.18 bits per heavy atom. The van der Waals surface area contributed by atoms with Gasteiger partial charge in [0.05, 0.1) is 16.8 Å². The van der Waals surface area contributed by atoms with Gasteiger partial charge in [0, 0.05) is 11.6 Å². The number of hydrogen-bond acceptors (Lipinski definition) is 4. The van der Waals surface area contributed by atoms with Crippen molar-refractivity contribution < 1.29 is 9.18 Å². The van der Waals surface area contributed by atoms with E-state index in [1.165, 1.54) is 18.3 Å². The maximum Gasteiger partial charge on any atom is 0.268 e. The number of halogens is 1. The van der Waals surface area contributed by atoms with Crippen molar-refractivity contribution in [1.29, 1.82) is 0 Å². The Bertz CT molecular complexity index is 612. The number of nitrogens with one attached hydrogen (secondary N) is 1. The van der Waals surface area contributed by atoms with E-state index in [2.05, 4.69) is 4.98 Å². The van der Waals surface area contributed by atoms with Gasteiger partial charge in [-0.05, 0) is 24.6 Å². The van der Waals surface area contributed by atoms with Crippen molar-refractivity contribution in [3.05, 3.63) is 35.3 Å². The normalized spacial score (nSPS) is 10.5. The zero-order valence-electron chi connectivity index (χ0n) is 9.12. The topological polar surface area (TPSA) is 94.0 Å². The van der Waals surface area contributed by atoms with Gasteiger partial charge in [0.25, 0.3) is 5.91 Å². The van der Waals surface area contributed by atoms with Gasteiger partial charge in [0.2, 0.25) is 0 Å². The molecule has 1 aromatic carbocycles. The van der Waals surface area contributed by atoms with E-state index in [0.29, 0.717) is 16.5 Å². The molecule has 2 aromatic rings. The molecular weight excluding hydrogens is 223 g/mol. The first kappa shape index (κ1) is 11.3. The molecule has 0 saturated carbocycles. The summed E-state index contributed by atoms with van der Waals surface area (Å²) in [5.41, 5.74) is 9.30. The molecule has 17 heavy (non-hydrogen) atoms. The van der Waals surface area contributed by atoms with Crippen LogP contribution in [0.3, 0.4) is 0 Å². The lowest BCUT2D eigenvalue weighted by Gasteiger charge is -2.09. The third-order valence-electron chi connectivity index (χ3n) is 2.54. The zero-order valence-corrected chi connectivity index (χ0v) is 9.12. The number of carbonyl (C=O) groups is 1. The molecule has 0 aliphatic carbocycles. The van der Waals surface area contributed by atoms with Gasteiger partial charge >= 0.3 is 0 Å². The van der Waals surface area contributed by atoms with Gasteiger partial charge in [-0.15, -0.1) is 0 Å². The Balaban J connectivity index is 2.79. The molecule has 0 fully saturated rings. The predicted molar refractivity (Wildman–Crippen MR) is 62.5 cm³/mol. The fraction of sp³-hybridized carbons (Fsp3) is 0.0909. The first-order chi connectivity index (χ1) is 8.04. The first-order valence-corrected chi connectivity index (χ1v) is 4.90. The molecule has 0 aliphatic rings. The Kier molecular flexibility index (Phi) is 2.64. The van der Waals surface area contributed by atoms with E-state index in [1.807, 2.05) is 5.43 Å².